The highest BCUT2D eigenvalue weighted by atomic mass is 79.9. The Morgan fingerprint density at radius 3 is 2.42 bits per heavy atom. The van der Waals surface area contributed by atoms with E-state index in [4.69, 9.17) is 4.74 Å². The molecule has 0 saturated heterocycles. The predicted octanol–water partition coefficient (Wildman–Crippen LogP) is 3.30. The fraction of sp³-hybridized carbons (Fsp3) is 0.300. The van der Waals surface area contributed by atoms with Crippen LogP contribution in [0.25, 0.3) is 0 Å². The maximum atomic E-state index is 12.8. The smallest absolute Gasteiger partial charge is 0.261 e. The number of benzene rings is 2. The summed E-state index contributed by atoms with van der Waals surface area (Å²) >= 11 is 3.36. The third-order valence-corrected chi connectivity index (χ3v) is 4.72. The van der Waals surface area contributed by atoms with E-state index in [1.165, 1.54) is 0 Å². The molecular formula is C20H23BrN2O3. The van der Waals surface area contributed by atoms with Gasteiger partial charge in [-0.1, -0.05) is 40.2 Å². The van der Waals surface area contributed by atoms with Gasteiger partial charge in [0.15, 0.2) is 6.61 Å². The van der Waals surface area contributed by atoms with E-state index >= 15 is 0 Å². The molecule has 0 spiro atoms. The third-order valence-electron chi connectivity index (χ3n) is 4.19. The molecule has 0 heterocycles. The Bertz CT molecular complexity index is 762. The lowest BCUT2D eigenvalue weighted by molar-refractivity contribution is -0.142. The lowest BCUT2D eigenvalue weighted by Crippen LogP contribution is -2.48. The monoisotopic (exact) mass is 418 g/mol. The second-order valence-electron chi connectivity index (χ2n) is 5.98. The normalized spacial score (nSPS) is 11.5. The Morgan fingerprint density at radius 1 is 1.15 bits per heavy atom. The van der Waals surface area contributed by atoms with Crippen molar-refractivity contribution in [1.29, 1.82) is 0 Å². The van der Waals surface area contributed by atoms with E-state index in [9.17, 15) is 9.59 Å². The zero-order valence-corrected chi connectivity index (χ0v) is 16.7. The molecule has 0 fully saturated rings. The van der Waals surface area contributed by atoms with Crippen LogP contribution in [0.5, 0.6) is 5.75 Å². The van der Waals surface area contributed by atoms with Crippen molar-refractivity contribution >= 4 is 27.7 Å². The lowest BCUT2D eigenvalue weighted by atomic mass is 10.1. The maximum Gasteiger partial charge on any atom is 0.261 e. The minimum Gasteiger partial charge on any atom is -0.484 e. The number of halogens is 1. The molecule has 2 aromatic carbocycles. The van der Waals surface area contributed by atoms with Crippen LogP contribution >= 0.6 is 15.9 Å². The fourth-order valence-electron chi connectivity index (χ4n) is 2.52. The van der Waals surface area contributed by atoms with E-state index in [0.717, 1.165) is 15.6 Å². The van der Waals surface area contributed by atoms with Crippen molar-refractivity contribution in [2.45, 2.75) is 26.4 Å². The molecule has 5 nitrogen and oxygen atoms in total. The minimum atomic E-state index is -0.597. The number of carbonyl (C=O) groups is 2. The Labute approximate surface area is 162 Å². The number of likely N-dealkylation sites (N-methyl/N-ethyl adjacent to an activating group) is 1. The van der Waals surface area contributed by atoms with E-state index in [1.54, 1.807) is 31.0 Å². The van der Waals surface area contributed by atoms with Gasteiger partial charge in [-0.2, -0.15) is 0 Å². The number of carbonyl (C=O) groups excluding carboxylic acids is 2. The summed E-state index contributed by atoms with van der Waals surface area (Å²) in [7, 11) is 1.56. The van der Waals surface area contributed by atoms with Crippen LogP contribution < -0.4 is 10.1 Å². The Morgan fingerprint density at radius 2 is 1.81 bits per heavy atom. The molecule has 1 N–H and O–H groups in total. The van der Waals surface area contributed by atoms with Crippen molar-refractivity contribution in [1.82, 2.24) is 10.2 Å². The Balaban J connectivity index is 2.13. The quantitative estimate of drug-likeness (QED) is 0.750. The zero-order valence-electron chi connectivity index (χ0n) is 15.2. The number of nitrogens with zero attached hydrogens (tertiary/aromatic N) is 1. The summed E-state index contributed by atoms with van der Waals surface area (Å²) in [5.74, 6) is 0.146. The summed E-state index contributed by atoms with van der Waals surface area (Å²) in [4.78, 5) is 26.4. The summed E-state index contributed by atoms with van der Waals surface area (Å²) in [5.41, 5.74) is 2.07. The second kappa shape index (κ2) is 9.38. The van der Waals surface area contributed by atoms with E-state index in [1.807, 2.05) is 43.3 Å². The lowest BCUT2D eigenvalue weighted by Gasteiger charge is -2.28. The van der Waals surface area contributed by atoms with Crippen LogP contribution in [0.2, 0.25) is 0 Å². The number of aryl methyl sites for hydroxylation is 1. The van der Waals surface area contributed by atoms with Gasteiger partial charge in [-0.25, -0.2) is 0 Å². The van der Waals surface area contributed by atoms with Gasteiger partial charge in [0.2, 0.25) is 5.91 Å². The molecule has 0 aliphatic rings. The standard InChI is InChI=1S/C20H23BrN2O3/c1-14-6-4-5-7-16(14)12-23(15(2)20(25)22-3)19(24)13-26-18-10-8-17(21)9-11-18/h4-11,15H,12-13H2,1-3H3,(H,22,25)/t15-/m0/s1. The SMILES string of the molecule is CNC(=O)[C@H](C)N(Cc1ccccc1C)C(=O)COc1ccc(Br)cc1. The highest BCUT2D eigenvalue weighted by Gasteiger charge is 2.26. The molecule has 0 unspecified atom stereocenters. The van der Waals surface area contributed by atoms with Crippen LogP contribution in [0.4, 0.5) is 0 Å². The average Bonchev–Trinajstić information content (AvgIpc) is 2.65. The van der Waals surface area contributed by atoms with Crippen LogP contribution in [-0.2, 0) is 16.1 Å². The molecule has 1 atom stereocenters. The number of amides is 2. The van der Waals surface area contributed by atoms with Gasteiger partial charge in [0.05, 0.1) is 0 Å². The summed E-state index contributed by atoms with van der Waals surface area (Å²) in [6, 6.07) is 14.5. The first-order chi connectivity index (χ1) is 12.4. The van der Waals surface area contributed by atoms with Crippen molar-refractivity contribution in [2.24, 2.45) is 0 Å². The van der Waals surface area contributed by atoms with Crippen LogP contribution in [0, 0.1) is 6.92 Å². The van der Waals surface area contributed by atoms with E-state index in [0.29, 0.717) is 12.3 Å². The maximum absolute atomic E-state index is 12.8. The number of rotatable bonds is 7. The first-order valence-corrected chi connectivity index (χ1v) is 9.15. The van der Waals surface area contributed by atoms with E-state index < -0.39 is 6.04 Å². The molecular weight excluding hydrogens is 396 g/mol. The molecule has 2 rings (SSSR count). The molecule has 138 valence electrons. The van der Waals surface area contributed by atoms with Gasteiger partial charge >= 0.3 is 0 Å². The van der Waals surface area contributed by atoms with Crippen LogP contribution in [0.15, 0.2) is 53.0 Å². The third kappa shape index (κ3) is 5.33. The van der Waals surface area contributed by atoms with Crippen molar-refractivity contribution in [3.05, 3.63) is 64.1 Å². The topological polar surface area (TPSA) is 58.6 Å². The molecule has 0 aliphatic heterocycles. The first kappa shape index (κ1) is 20.0. The summed E-state index contributed by atoms with van der Waals surface area (Å²) in [6.07, 6.45) is 0. The van der Waals surface area contributed by atoms with E-state index in [-0.39, 0.29) is 18.4 Å². The van der Waals surface area contributed by atoms with Gasteiger partial charge in [-0.05, 0) is 49.2 Å². The molecule has 0 aromatic heterocycles. The van der Waals surface area contributed by atoms with E-state index in [2.05, 4.69) is 21.2 Å². The van der Waals surface area contributed by atoms with Gasteiger partial charge in [0.25, 0.3) is 5.91 Å². The van der Waals surface area contributed by atoms with Crippen LogP contribution in [-0.4, -0.2) is 36.4 Å². The van der Waals surface area contributed by atoms with Gasteiger partial charge in [0, 0.05) is 18.1 Å². The Hall–Kier alpha value is -2.34. The van der Waals surface area contributed by atoms with Crippen molar-refractivity contribution in [3.63, 3.8) is 0 Å². The Kier molecular flexibility index (Phi) is 7.21. The van der Waals surface area contributed by atoms with Gasteiger partial charge in [0.1, 0.15) is 11.8 Å². The summed E-state index contributed by atoms with van der Waals surface area (Å²) in [6.45, 7) is 3.92. The van der Waals surface area contributed by atoms with Crippen LogP contribution in [0.3, 0.4) is 0 Å². The summed E-state index contributed by atoms with van der Waals surface area (Å²) in [5, 5.41) is 2.60. The molecule has 2 amide bonds. The second-order valence-corrected chi connectivity index (χ2v) is 6.90. The van der Waals surface area contributed by atoms with Crippen molar-refractivity contribution < 1.29 is 14.3 Å². The zero-order chi connectivity index (χ0) is 19.1. The average molecular weight is 419 g/mol. The van der Waals surface area contributed by atoms with Gasteiger partial charge in [-0.3, -0.25) is 9.59 Å². The molecule has 6 heteroatoms. The molecule has 0 aliphatic carbocycles. The number of nitrogens with one attached hydrogen (secondary N) is 1. The fourth-order valence-corrected chi connectivity index (χ4v) is 2.79. The van der Waals surface area contributed by atoms with Crippen molar-refractivity contribution in [2.75, 3.05) is 13.7 Å². The molecule has 26 heavy (non-hydrogen) atoms. The number of hydrogen-bond acceptors (Lipinski definition) is 3. The number of hydrogen-bond donors (Lipinski definition) is 1. The minimum absolute atomic E-state index is 0.130. The summed E-state index contributed by atoms with van der Waals surface area (Å²) < 4.78 is 6.53. The molecule has 0 radical (unpaired) electrons. The largest absolute Gasteiger partial charge is 0.484 e. The molecule has 2 aromatic rings. The van der Waals surface area contributed by atoms with Crippen LogP contribution in [0.1, 0.15) is 18.1 Å². The predicted molar refractivity (Wildman–Crippen MR) is 105 cm³/mol. The number of ether oxygens (including phenoxy) is 1. The van der Waals surface area contributed by atoms with Gasteiger partial charge < -0.3 is 15.0 Å². The molecule has 0 bridgehead atoms. The molecule has 0 saturated carbocycles. The van der Waals surface area contributed by atoms with Crippen molar-refractivity contribution in [3.8, 4) is 5.75 Å². The highest BCUT2D eigenvalue weighted by molar-refractivity contribution is 9.10. The van der Waals surface area contributed by atoms with Gasteiger partial charge in [-0.15, -0.1) is 0 Å². The first-order valence-electron chi connectivity index (χ1n) is 8.36. The highest BCUT2D eigenvalue weighted by Crippen LogP contribution is 2.17.